The molecule has 4 aromatic rings. The summed E-state index contributed by atoms with van der Waals surface area (Å²) in [6, 6.07) is 18.5. The van der Waals surface area contributed by atoms with Gasteiger partial charge in [-0.1, -0.05) is 187 Å². The van der Waals surface area contributed by atoms with E-state index in [0.717, 1.165) is 88.7 Å². The summed E-state index contributed by atoms with van der Waals surface area (Å²) in [6.45, 7) is 60.4. The molecule has 76 heavy (non-hydrogen) atoms. The SMILES string of the molecule is COc1c(C(C)(C)C)cc(P(O[C@@H](C(=O)N(C)P(c2cc(C(C)(C)C)c(OC)c(C(C)(C)C)c2)c2cc(C(C)(C)C)c(OC)c(C(C)(C)C)c2)C(C)(C)C)c2cc(C(C)(C)C)c(OC)c(C(C)(C)C)c2)cc1C(C)(C)C. The molecular weight excluding hydrogens is 977 g/mol. The number of methoxy groups -OCH3 is 4. The largest absolute Gasteiger partial charge is 0.496 e. The molecule has 0 spiro atoms. The minimum atomic E-state index is -1.71. The summed E-state index contributed by atoms with van der Waals surface area (Å²) in [6.07, 6.45) is -0.894. The van der Waals surface area contributed by atoms with Gasteiger partial charge in [-0.25, -0.2) is 0 Å². The summed E-state index contributed by atoms with van der Waals surface area (Å²) in [5.74, 6) is 3.48. The first-order chi connectivity index (χ1) is 34.1. The maximum atomic E-state index is 16.7. The van der Waals surface area contributed by atoms with Gasteiger partial charge < -0.3 is 28.1 Å². The first-order valence-corrected chi connectivity index (χ1v) is 30.1. The molecule has 0 aliphatic heterocycles. The number of ether oxygens (including phenoxy) is 4. The van der Waals surface area contributed by atoms with Crippen LogP contribution in [0.1, 0.15) is 231 Å². The molecule has 9 heteroatoms. The minimum Gasteiger partial charge on any atom is -0.496 e. The van der Waals surface area contributed by atoms with Crippen molar-refractivity contribution >= 4 is 43.3 Å². The number of nitrogens with zero attached hydrogens (tertiary/aromatic N) is 1. The highest BCUT2D eigenvalue weighted by atomic mass is 31.1. The van der Waals surface area contributed by atoms with E-state index in [0.29, 0.717) is 0 Å². The molecule has 0 bridgehead atoms. The van der Waals surface area contributed by atoms with Gasteiger partial charge in [0, 0.05) is 72.8 Å². The Bertz CT molecular complexity index is 2420. The number of rotatable bonds is 12. The van der Waals surface area contributed by atoms with Gasteiger partial charge in [0.2, 0.25) is 0 Å². The van der Waals surface area contributed by atoms with Crippen molar-refractivity contribution in [3.8, 4) is 23.0 Å². The van der Waals surface area contributed by atoms with Gasteiger partial charge in [-0.05, 0) is 97.3 Å². The van der Waals surface area contributed by atoms with E-state index in [2.05, 4.69) is 235 Å². The highest BCUT2D eigenvalue weighted by molar-refractivity contribution is 7.71. The van der Waals surface area contributed by atoms with Crippen molar-refractivity contribution < 1.29 is 28.3 Å². The Labute approximate surface area is 467 Å². The summed E-state index contributed by atoms with van der Waals surface area (Å²) in [5, 5.41) is 4.20. The average Bonchev–Trinajstić information content (AvgIpc) is 3.24. The minimum absolute atomic E-state index is 0.0804. The Balaban J connectivity index is 2.31. The van der Waals surface area contributed by atoms with Crippen LogP contribution in [0.5, 0.6) is 23.0 Å². The molecule has 0 aromatic heterocycles. The smallest absolute Gasteiger partial charge is 0.256 e. The fourth-order valence-electron chi connectivity index (χ4n) is 9.98. The van der Waals surface area contributed by atoms with Crippen molar-refractivity contribution in [1.82, 2.24) is 4.67 Å². The number of carbonyl (C=O) groups is 1. The standard InChI is InChI=1S/C67H105NO6P2/c1-59(2,3)45-33-41(34-46(53(45)70-29)60(4,5)6)75(42-35-47(61(7,8)9)54(71-30)48(36-42)62(10,11)12)68(28)58(69)57(67(25,26)27)74-76(43-37-49(63(13,14)15)55(72-31)50(38-43)64(16,17)18)44-39-51(65(19,20)21)56(73-32)52(40-44)66(22,23)24/h33-40,57H,1-32H3/t57-/m0/s1. The molecule has 0 saturated carbocycles. The van der Waals surface area contributed by atoms with Gasteiger partial charge >= 0.3 is 0 Å². The summed E-state index contributed by atoms with van der Waals surface area (Å²) in [7, 11) is 5.86. The van der Waals surface area contributed by atoms with Crippen LogP contribution in [-0.4, -0.2) is 52.2 Å². The maximum absolute atomic E-state index is 16.7. The molecule has 1 amide bonds. The van der Waals surface area contributed by atoms with E-state index in [1.54, 1.807) is 28.4 Å². The molecule has 1 atom stereocenters. The van der Waals surface area contributed by atoms with Gasteiger partial charge in [0.25, 0.3) is 5.91 Å². The summed E-state index contributed by atoms with van der Waals surface area (Å²) in [4.78, 5) is 16.7. The highest BCUT2D eigenvalue weighted by Gasteiger charge is 2.43. The van der Waals surface area contributed by atoms with E-state index in [1.807, 2.05) is 11.7 Å². The predicted molar refractivity (Wildman–Crippen MR) is 331 cm³/mol. The van der Waals surface area contributed by atoms with Crippen molar-refractivity contribution in [3.63, 3.8) is 0 Å². The molecule has 0 heterocycles. The Morgan fingerprint density at radius 2 is 0.539 bits per heavy atom. The third-order valence-corrected chi connectivity index (χ3v) is 18.5. The molecule has 0 unspecified atom stereocenters. The first kappa shape index (κ1) is 64.9. The summed E-state index contributed by atoms with van der Waals surface area (Å²) in [5.41, 5.74) is 5.90. The van der Waals surface area contributed by atoms with Gasteiger partial charge in [-0.2, -0.15) is 0 Å². The van der Waals surface area contributed by atoms with Crippen molar-refractivity contribution in [2.75, 3.05) is 35.5 Å². The zero-order valence-corrected chi connectivity index (χ0v) is 55.8. The van der Waals surface area contributed by atoms with Crippen molar-refractivity contribution in [2.45, 2.75) is 236 Å². The Hall–Kier alpha value is -3.63. The van der Waals surface area contributed by atoms with Gasteiger partial charge in [0.15, 0.2) is 0 Å². The lowest BCUT2D eigenvalue weighted by molar-refractivity contribution is -0.136. The molecule has 0 aliphatic carbocycles. The van der Waals surface area contributed by atoms with Crippen LogP contribution in [-0.2, 0) is 52.6 Å². The van der Waals surface area contributed by atoms with Crippen LogP contribution >= 0.6 is 16.2 Å². The van der Waals surface area contributed by atoms with Gasteiger partial charge in [0.1, 0.15) is 29.1 Å². The van der Waals surface area contributed by atoms with Crippen molar-refractivity contribution in [2.24, 2.45) is 5.41 Å². The number of carbonyl (C=O) groups excluding carboxylic acids is 1. The van der Waals surface area contributed by atoms with E-state index in [9.17, 15) is 0 Å². The molecule has 0 fully saturated rings. The monoisotopic (exact) mass is 1080 g/mol. The fraction of sp³-hybridized carbons (Fsp3) is 0.627. The molecule has 0 aliphatic rings. The second-order valence-corrected chi connectivity index (χ2v) is 34.7. The Kier molecular flexibility index (Phi) is 18.9. The van der Waals surface area contributed by atoms with E-state index in [1.165, 1.54) is 0 Å². The Morgan fingerprint density at radius 1 is 0.355 bits per heavy atom. The van der Waals surface area contributed by atoms with Crippen molar-refractivity contribution in [1.29, 1.82) is 0 Å². The first-order valence-electron chi connectivity index (χ1n) is 27.5. The van der Waals surface area contributed by atoms with Gasteiger partial charge in [-0.15, -0.1) is 0 Å². The van der Waals surface area contributed by atoms with Crippen LogP contribution in [0, 0.1) is 5.41 Å². The number of likely N-dealkylation sites (N-methyl/N-ethyl adjacent to an activating group) is 1. The highest BCUT2D eigenvalue weighted by Crippen LogP contribution is 2.52. The third kappa shape index (κ3) is 14.2. The van der Waals surface area contributed by atoms with Crippen LogP contribution in [0.3, 0.4) is 0 Å². The van der Waals surface area contributed by atoms with Gasteiger partial charge in [0.05, 0.1) is 44.7 Å². The zero-order valence-electron chi connectivity index (χ0n) is 54.0. The van der Waals surface area contributed by atoms with Crippen molar-refractivity contribution in [3.05, 3.63) is 93.0 Å². The maximum Gasteiger partial charge on any atom is 0.256 e. The van der Waals surface area contributed by atoms with E-state index in [4.69, 9.17) is 23.5 Å². The summed E-state index contributed by atoms with van der Waals surface area (Å²) < 4.78 is 35.5. The second-order valence-electron chi connectivity index (χ2n) is 30.6. The molecule has 4 aromatic carbocycles. The second kappa shape index (κ2) is 22.1. The molecule has 424 valence electrons. The average molecular weight is 1080 g/mol. The molecule has 7 nitrogen and oxygen atoms in total. The molecule has 0 N–H and O–H groups in total. The number of hydrogen-bond donors (Lipinski definition) is 0. The molecule has 0 radical (unpaired) electrons. The van der Waals surface area contributed by atoms with Crippen LogP contribution in [0.15, 0.2) is 48.5 Å². The lowest BCUT2D eigenvalue weighted by Gasteiger charge is -2.40. The van der Waals surface area contributed by atoms with Gasteiger partial charge in [-0.3, -0.25) is 4.79 Å². The quantitative estimate of drug-likeness (QED) is 0.132. The molecule has 0 saturated heterocycles. The number of hydrogen-bond acceptors (Lipinski definition) is 6. The summed E-state index contributed by atoms with van der Waals surface area (Å²) >= 11 is 0. The third-order valence-electron chi connectivity index (χ3n) is 14.4. The van der Waals surface area contributed by atoms with Crippen LogP contribution in [0.25, 0.3) is 0 Å². The molecule has 4 rings (SSSR count). The topological polar surface area (TPSA) is 66.5 Å². The van der Waals surface area contributed by atoms with Crippen LogP contribution in [0.4, 0.5) is 0 Å². The molecular formula is C67H105NO6P2. The normalized spacial score (nSPS) is 14.1. The van der Waals surface area contributed by atoms with E-state index in [-0.39, 0.29) is 49.2 Å². The number of benzene rings is 4. The lowest BCUT2D eigenvalue weighted by Crippen LogP contribution is -2.46. The fourth-order valence-corrected chi connectivity index (χ4v) is 14.4. The number of amides is 1. The lowest BCUT2D eigenvalue weighted by atomic mass is 9.79. The van der Waals surface area contributed by atoms with E-state index >= 15 is 4.79 Å². The van der Waals surface area contributed by atoms with Crippen LogP contribution in [0.2, 0.25) is 0 Å². The van der Waals surface area contributed by atoms with E-state index < -0.39 is 27.7 Å². The zero-order chi connectivity index (χ0) is 58.8. The predicted octanol–water partition coefficient (Wildman–Crippen LogP) is 16.4. The Morgan fingerprint density at radius 3 is 0.697 bits per heavy atom. The van der Waals surface area contributed by atoms with Crippen LogP contribution < -0.4 is 40.2 Å².